The first-order chi connectivity index (χ1) is 15.2. The second-order valence-electron chi connectivity index (χ2n) is 6.98. The average Bonchev–Trinajstić information content (AvgIpc) is 3.19. The molecule has 0 radical (unpaired) electrons. The van der Waals surface area contributed by atoms with E-state index in [1.165, 1.54) is 40.8 Å². The predicted octanol–water partition coefficient (Wildman–Crippen LogP) is 2.54. The molecule has 1 aliphatic rings. The van der Waals surface area contributed by atoms with Crippen molar-refractivity contribution in [1.82, 2.24) is 14.5 Å². The number of piperidine rings is 1. The van der Waals surface area contributed by atoms with Crippen LogP contribution in [0.4, 0.5) is 10.8 Å². The molecule has 0 aliphatic carbocycles. The number of thioether (sulfide) groups is 1. The summed E-state index contributed by atoms with van der Waals surface area (Å²) < 4.78 is 30.3. The number of anilines is 2. The maximum atomic E-state index is 12.5. The van der Waals surface area contributed by atoms with Crippen molar-refractivity contribution in [2.45, 2.75) is 17.2 Å². The lowest BCUT2D eigenvalue weighted by Gasteiger charge is -2.29. The summed E-state index contributed by atoms with van der Waals surface area (Å²) in [5.74, 6) is -0.185. The molecule has 2 amide bonds. The normalized spacial score (nSPS) is 15.3. The van der Waals surface area contributed by atoms with Gasteiger partial charge in [-0.3, -0.25) is 9.59 Å². The minimum atomic E-state index is -3.24. The third-order valence-corrected chi connectivity index (χ3v) is 8.20. The summed E-state index contributed by atoms with van der Waals surface area (Å²) in [6, 6.07) is 4.93. The van der Waals surface area contributed by atoms with Crippen LogP contribution in [-0.4, -0.2) is 66.9 Å². The highest BCUT2D eigenvalue weighted by Crippen LogP contribution is 2.30. The second-order valence-corrected chi connectivity index (χ2v) is 11.6. The summed E-state index contributed by atoms with van der Waals surface area (Å²) in [6.45, 7) is 0.640. The van der Waals surface area contributed by atoms with Crippen LogP contribution in [0.5, 0.6) is 5.75 Å². The molecule has 2 heterocycles. The van der Waals surface area contributed by atoms with E-state index < -0.39 is 10.0 Å². The lowest BCUT2D eigenvalue weighted by molar-refractivity contribution is -0.121. The molecule has 0 spiro atoms. The number of carbonyl (C=O) groups excluding carboxylic acids is 2. The molecule has 32 heavy (non-hydrogen) atoms. The first-order valence-corrected chi connectivity index (χ1v) is 13.5. The molecule has 0 atom stereocenters. The van der Waals surface area contributed by atoms with Crippen LogP contribution in [0.25, 0.3) is 0 Å². The topological polar surface area (TPSA) is 131 Å². The molecule has 2 N–H and O–H groups in total. The number of nitrogens with zero attached hydrogens (tertiary/aromatic N) is 3. The van der Waals surface area contributed by atoms with E-state index in [9.17, 15) is 18.0 Å². The molecule has 14 heteroatoms. The van der Waals surface area contributed by atoms with Crippen LogP contribution in [0.1, 0.15) is 12.8 Å². The maximum absolute atomic E-state index is 12.5. The van der Waals surface area contributed by atoms with Crippen LogP contribution in [-0.2, 0) is 19.6 Å². The van der Waals surface area contributed by atoms with Crippen molar-refractivity contribution < 1.29 is 22.7 Å². The Labute approximate surface area is 199 Å². The van der Waals surface area contributed by atoms with Gasteiger partial charge in [0.05, 0.1) is 24.8 Å². The van der Waals surface area contributed by atoms with Crippen molar-refractivity contribution in [1.29, 1.82) is 0 Å². The van der Waals surface area contributed by atoms with E-state index in [4.69, 9.17) is 16.3 Å². The second kappa shape index (κ2) is 10.8. The van der Waals surface area contributed by atoms with Gasteiger partial charge in [-0.1, -0.05) is 34.7 Å². The van der Waals surface area contributed by atoms with E-state index in [0.717, 1.165) is 0 Å². The highest BCUT2D eigenvalue weighted by Gasteiger charge is 2.29. The van der Waals surface area contributed by atoms with Crippen molar-refractivity contribution in [3.05, 3.63) is 23.2 Å². The number of hydrogen-bond donors (Lipinski definition) is 2. The molecule has 1 aromatic carbocycles. The molecule has 3 rings (SSSR count). The highest BCUT2D eigenvalue weighted by molar-refractivity contribution is 8.01. The first-order valence-electron chi connectivity index (χ1n) is 9.51. The molecule has 1 aromatic heterocycles. The number of carbonyl (C=O) groups is 2. The van der Waals surface area contributed by atoms with Crippen LogP contribution in [0.3, 0.4) is 0 Å². The summed E-state index contributed by atoms with van der Waals surface area (Å²) in [5.41, 5.74) is 0.470. The Bertz CT molecular complexity index is 1090. The summed E-state index contributed by atoms with van der Waals surface area (Å²) in [6.07, 6.45) is 2.07. The Kier molecular flexibility index (Phi) is 8.33. The molecule has 1 aliphatic heterocycles. The number of rotatable bonds is 8. The monoisotopic (exact) mass is 519 g/mol. The van der Waals surface area contributed by atoms with E-state index in [1.54, 1.807) is 18.2 Å². The van der Waals surface area contributed by atoms with Crippen molar-refractivity contribution in [3.63, 3.8) is 0 Å². The molecule has 0 unspecified atom stereocenters. The van der Waals surface area contributed by atoms with Gasteiger partial charge in [0.25, 0.3) is 0 Å². The summed E-state index contributed by atoms with van der Waals surface area (Å²) in [5, 5.41) is 14.2. The Morgan fingerprint density at radius 2 is 2.00 bits per heavy atom. The van der Waals surface area contributed by atoms with E-state index in [2.05, 4.69) is 20.8 Å². The molecular weight excluding hydrogens is 498 g/mol. The largest absolute Gasteiger partial charge is 0.495 e. The van der Waals surface area contributed by atoms with Crippen molar-refractivity contribution in [2.24, 2.45) is 5.92 Å². The number of halogens is 1. The van der Waals surface area contributed by atoms with Gasteiger partial charge in [-0.2, -0.15) is 0 Å². The Morgan fingerprint density at radius 1 is 1.28 bits per heavy atom. The van der Waals surface area contributed by atoms with Gasteiger partial charge >= 0.3 is 0 Å². The van der Waals surface area contributed by atoms with E-state index in [-0.39, 0.29) is 23.5 Å². The molecule has 174 valence electrons. The van der Waals surface area contributed by atoms with Gasteiger partial charge in [-0.05, 0) is 31.0 Å². The Balaban J connectivity index is 1.47. The van der Waals surface area contributed by atoms with E-state index in [0.29, 0.717) is 51.9 Å². The smallest absolute Gasteiger partial charge is 0.234 e. The SMILES string of the molecule is COc1ccc(Cl)cc1NC(=O)CSc1nnc(NC(=O)C2CCN(S(C)(=O)=O)CC2)s1. The molecule has 1 saturated heterocycles. The average molecular weight is 520 g/mol. The van der Waals surface area contributed by atoms with Crippen LogP contribution >= 0.6 is 34.7 Å². The fraction of sp³-hybridized carbons (Fsp3) is 0.444. The van der Waals surface area contributed by atoms with Crippen LogP contribution in [0.15, 0.2) is 22.5 Å². The zero-order valence-corrected chi connectivity index (χ0v) is 20.5. The lowest BCUT2D eigenvalue weighted by Crippen LogP contribution is -2.40. The number of aromatic nitrogens is 2. The summed E-state index contributed by atoms with van der Waals surface area (Å²) in [7, 11) is -1.74. The zero-order chi connectivity index (χ0) is 23.3. The van der Waals surface area contributed by atoms with Gasteiger partial charge < -0.3 is 15.4 Å². The standard InChI is InChI=1S/C18H22ClN5O5S3/c1-29-14-4-3-12(19)9-13(14)20-15(25)10-30-18-23-22-17(31-18)21-16(26)11-5-7-24(8-6-11)32(2,27)28/h3-4,9,11H,5-8,10H2,1-2H3,(H,20,25)(H,21,22,26). The Morgan fingerprint density at radius 3 is 2.66 bits per heavy atom. The summed E-state index contributed by atoms with van der Waals surface area (Å²) >= 11 is 8.32. The van der Waals surface area contributed by atoms with Gasteiger partial charge in [0, 0.05) is 24.0 Å². The van der Waals surface area contributed by atoms with Gasteiger partial charge in [0.1, 0.15) is 5.75 Å². The van der Waals surface area contributed by atoms with Crippen molar-refractivity contribution >= 4 is 67.4 Å². The molecule has 2 aromatic rings. The van der Waals surface area contributed by atoms with Crippen LogP contribution in [0.2, 0.25) is 5.02 Å². The molecule has 10 nitrogen and oxygen atoms in total. The number of sulfonamides is 1. The summed E-state index contributed by atoms with van der Waals surface area (Å²) in [4.78, 5) is 24.7. The van der Waals surface area contributed by atoms with Gasteiger partial charge in [-0.25, -0.2) is 12.7 Å². The van der Waals surface area contributed by atoms with E-state index in [1.807, 2.05) is 0 Å². The van der Waals surface area contributed by atoms with Gasteiger partial charge in [0.15, 0.2) is 4.34 Å². The third-order valence-electron chi connectivity index (χ3n) is 4.69. The number of ether oxygens (including phenoxy) is 1. The van der Waals surface area contributed by atoms with Crippen molar-refractivity contribution in [2.75, 3.05) is 42.8 Å². The zero-order valence-electron chi connectivity index (χ0n) is 17.3. The lowest BCUT2D eigenvalue weighted by atomic mass is 9.97. The van der Waals surface area contributed by atoms with Gasteiger partial charge in [-0.15, -0.1) is 10.2 Å². The fourth-order valence-electron chi connectivity index (χ4n) is 3.07. The van der Waals surface area contributed by atoms with Crippen molar-refractivity contribution in [3.8, 4) is 5.75 Å². The molecular formula is C18H22ClN5O5S3. The predicted molar refractivity (Wildman–Crippen MR) is 125 cm³/mol. The molecule has 0 saturated carbocycles. The maximum Gasteiger partial charge on any atom is 0.234 e. The highest BCUT2D eigenvalue weighted by atomic mass is 35.5. The Hall–Kier alpha value is -1.93. The number of amides is 2. The first kappa shape index (κ1) is 24.7. The number of nitrogens with one attached hydrogen (secondary N) is 2. The minimum absolute atomic E-state index is 0.0855. The number of benzene rings is 1. The third kappa shape index (κ3) is 6.78. The van der Waals surface area contributed by atoms with Crippen LogP contribution in [0, 0.1) is 5.92 Å². The number of methoxy groups -OCH3 is 1. The molecule has 1 fully saturated rings. The van der Waals surface area contributed by atoms with Crippen LogP contribution < -0.4 is 15.4 Å². The fourth-order valence-corrected chi connectivity index (χ4v) is 5.67. The minimum Gasteiger partial charge on any atom is -0.495 e. The molecule has 0 bridgehead atoms. The van der Waals surface area contributed by atoms with E-state index >= 15 is 0 Å². The van der Waals surface area contributed by atoms with Gasteiger partial charge in [0.2, 0.25) is 27.0 Å². The number of hydrogen-bond acceptors (Lipinski definition) is 9. The quantitative estimate of drug-likeness (QED) is 0.402.